The molecule has 0 aliphatic carbocycles. The summed E-state index contributed by atoms with van der Waals surface area (Å²) in [6, 6.07) is 26.5. The van der Waals surface area contributed by atoms with Crippen molar-refractivity contribution in [2.75, 3.05) is 5.73 Å². The first-order chi connectivity index (χ1) is 11.3. The summed E-state index contributed by atoms with van der Waals surface area (Å²) in [5.74, 6) is 0. The summed E-state index contributed by atoms with van der Waals surface area (Å²) in [6.45, 7) is 0. The quantitative estimate of drug-likeness (QED) is 0.491. The summed E-state index contributed by atoms with van der Waals surface area (Å²) in [6.07, 6.45) is 8.44. The van der Waals surface area contributed by atoms with Crippen molar-refractivity contribution in [2.24, 2.45) is 0 Å². The molecule has 1 nitrogen and oxygen atoms in total. The molecule has 0 saturated heterocycles. The number of hydrogen-bond donors (Lipinski definition) is 1. The molecule has 0 aliphatic rings. The van der Waals surface area contributed by atoms with Crippen molar-refractivity contribution < 1.29 is 0 Å². The first-order valence-corrected chi connectivity index (χ1v) is 7.68. The smallest absolute Gasteiger partial charge is 0.0387 e. The van der Waals surface area contributed by atoms with Gasteiger partial charge < -0.3 is 5.73 Å². The van der Waals surface area contributed by atoms with Crippen LogP contribution in [0.4, 0.5) is 5.69 Å². The van der Waals surface area contributed by atoms with E-state index >= 15 is 0 Å². The molecule has 0 fully saturated rings. The molecule has 3 aromatic carbocycles. The minimum atomic E-state index is 0.793. The van der Waals surface area contributed by atoms with Gasteiger partial charge in [0, 0.05) is 5.69 Å². The SMILES string of the molecule is Nc1ccccc1/C=C/c1ccccc1/C=C/c1ccccc1. The average molecular weight is 297 g/mol. The number of nitrogens with two attached hydrogens (primary N) is 1. The Morgan fingerprint density at radius 3 is 1.61 bits per heavy atom. The van der Waals surface area contributed by atoms with E-state index in [9.17, 15) is 0 Å². The topological polar surface area (TPSA) is 26.0 Å². The molecule has 0 saturated carbocycles. The highest BCUT2D eigenvalue weighted by Crippen LogP contribution is 2.18. The lowest BCUT2D eigenvalue weighted by Crippen LogP contribution is -1.87. The summed E-state index contributed by atoms with van der Waals surface area (Å²) < 4.78 is 0. The Labute approximate surface area is 137 Å². The Kier molecular flexibility index (Phi) is 4.70. The highest BCUT2D eigenvalue weighted by atomic mass is 14.5. The van der Waals surface area contributed by atoms with E-state index in [1.165, 1.54) is 16.7 Å². The molecule has 0 heterocycles. The van der Waals surface area contributed by atoms with Gasteiger partial charge in [-0.2, -0.15) is 0 Å². The van der Waals surface area contributed by atoms with E-state index in [0.29, 0.717) is 0 Å². The second kappa shape index (κ2) is 7.28. The normalized spacial score (nSPS) is 11.3. The molecule has 0 aromatic heterocycles. The van der Waals surface area contributed by atoms with Crippen molar-refractivity contribution in [3.05, 3.63) is 101 Å². The Morgan fingerprint density at radius 2 is 0.957 bits per heavy atom. The van der Waals surface area contributed by atoms with Crippen LogP contribution in [0.1, 0.15) is 22.3 Å². The zero-order valence-electron chi connectivity index (χ0n) is 12.9. The molecule has 0 aliphatic heterocycles. The van der Waals surface area contributed by atoms with Crippen molar-refractivity contribution >= 4 is 30.0 Å². The van der Waals surface area contributed by atoms with E-state index in [4.69, 9.17) is 5.73 Å². The van der Waals surface area contributed by atoms with Gasteiger partial charge in [0.2, 0.25) is 0 Å². The molecule has 3 aromatic rings. The summed E-state index contributed by atoms with van der Waals surface area (Å²) in [5.41, 5.74) is 11.4. The van der Waals surface area contributed by atoms with Crippen molar-refractivity contribution in [1.29, 1.82) is 0 Å². The lowest BCUT2D eigenvalue weighted by molar-refractivity contribution is 1.60. The van der Waals surface area contributed by atoms with E-state index in [0.717, 1.165) is 11.3 Å². The van der Waals surface area contributed by atoms with Crippen LogP contribution >= 0.6 is 0 Å². The van der Waals surface area contributed by atoms with Gasteiger partial charge in [0.05, 0.1) is 0 Å². The third-order valence-corrected chi connectivity index (χ3v) is 3.69. The number of para-hydroxylation sites is 1. The van der Waals surface area contributed by atoms with E-state index < -0.39 is 0 Å². The van der Waals surface area contributed by atoms with E-state index in [2.05, 4.69) is 54.6 Å². The second-order valence-electron chi connectivity index (χ2n) is 5.34. The molecule has 2 N–H and O–H groups in total. The molecule has 112 valence electrons. The van der Waals surface area contributed by atoms with E-state index in [1.54, 1.807) is 0 Å². The number of benzene rings is 3. The lowest BCUT2D eigenvalue weighted by Gasteiger charge is -2.02. The molecular weight excluding hydrogens is 278 g/mol. The minimum Gasteiger partial charge on any atom is -0.398 e. The van der Waals surface area contributed by atoms with Gasteiger partial charge in [-0.3, -0.25) is 0 Å². The molecule has 0 radical (unpaired) electrons. The average Bonchev–Trinajstić information content (AvgIpc) is 2.61. The van der Waals surface area contributed by atoms with Crippen LogP contribution in [0.2, 0.25) is 0 Å². The van der Waals surface area contributed by atoms with Crippen LogP contribution in [-0.4, -0.2) is 0 Å². The second-order valence-corrected chi connectivity index (χ2v) is 5.34. The highest BCUT2D eigenvalue weighted by molar-refractivity contribution is 5.81. The molecule has 0 spiro atoms. The van der Waals surface area contributed by atoms with Crippen LogP contribution in [0.15, 0.2) is 78.9 Å². The first-order valence-electron chi connectivity index (χ1n) is 7.68. The van der Waals surface area contributed by atoms with Gasteiger partial charge in [-0.05, 0) is 28.3 Å². The van der Waals surface area contributed by atoms with Gasteiger partial charge in [0.1, 0.15) is 0 Å². The number of anilines is 1. The maximum Gasteiger partial charge on any atom is 0.0387 e. The molecule has 0 amide bonds. The van der Waals surface area contributed by atoms with Crippen molar-refractivity contribution in [3.63, 3.8) is 0 Å². The van der Waals surface area contributed by atoms with Gasteiger partial charge in [-0.1, -0.05) is 97.1 Å². The van der Waals surface area contributed by atoms with Gasteiger partial charge in [-0.25, -0.2) is 0 Å². The highest BCUT2D eigenvalue weighted by Gasteiger charge is 1.96. The van der Waals surface area contributed by atoms with Gasteiger partial charge >= 0.3 is 0 Å². The lowest BCUT2D eigenvalue weighted by atomic mass is 10.0. The van der Waals surface area contributed by atoms with E-state index in [-0.39, 0.29) is 0 Å². The molecule has 3 rings (SSSR count). The van der Waals surface area contributed by atoms with Crippen LogP contribution in [0.3, 0.4) is 0 Å². The van der Waals surface area contributed by atoms with Crippen LogP contribution in [-0.2, 0) is 0 Å². The van der Waals surface area contributed by atoms with Crippen LogP contribution < -0.4 is 5.73 Å². The fraction of sp³-hybridized carbons (Fsp3) is 0. The van der Waals surface area contributed by atoms with Crippen molar-refractivity contribution in [2.45, 2.75) is 0 Å². The fourth-order valence-corrected chi connectivity index (χ4v) is 2.41. The Hall–Kier alpha value is -3.06. The monoisotopic (exact) mass is 297 g/mol. The Balaban J connectivity index is 1.87. The first kappa shape index (κ1) is 14.9. The van der Waals surface area contributed by atoms with Gasteiger partial charge in [0.15, 0.2) is 0 Å². The maximum absolute atomic E-state index is 5.99. The number of rotatable bonds is 4. The summed E-state index contributed by atoms with van der Waals surface area (Å²) in [7, 11) is 0. The Bertz CT molecular complexity index is 829. The van der Waals surface area contributed by atoms with Crippen LogP contribution in [0.25, 0.3) is 24.3 Å². The third kappa shape index (κ3) is 3.98. The van der Waals surface area contributed by atoms with Crippen molar-refractivity contribution in [1.82, 2.24) is 0 Å². The molecule has 0 unspecified atom stereocenters. The fourth-order valence-electron chi connectivity index (χ4n) is 2.41. The predicted octanol–water partition coefficient (Wildman–Crippen LogP) is 5.61. The largest absolute Gasteiger partial charge is 0.398 e. The third-order valence-electron chi connectivity index (χ3n) is 3.69. The molecule has 1 heteroatoms. The van der Waals surface area contributed by atoms with Gasteiger partial charge in [-0.15, -0.1) is 0 Å². The minimum absolute atomic E-state index is 0.793. The summed E-state index contributed by atoms with van der Waals surface area (Å²) in [5, 5.41) is 0. The van der Waals surface area contributed by atoms with Gasteiger partial charge in [0.25, 0.3) is 0 Å². The summed E-state index contributed by atoms with van der Waals surface area (Å²) >= 11 is 0. The molecular formula is C22H19N. The standard InChI is InChI=1S/C22H19N/c23-22-13-7-6-12-21(22)17-16-20-11-5-4-10-19(20)15-14-18-8-2-1-3-9-18/h1-17H,23H2/b15-14+,17-16+. The zero-order chi connectivity index (χ0) is 15.9. The Morgan fingerprint density at radius 1 is 0.478 bits per heavy atom. The molecule has 0 atom stereocenters. The number of nitrogen functional groups attached to an aromatic ring is 1. The van der Waals surface area contributed by atoms with Crippen molar-refractivity contribution in [3.8, 4) is 0 Å². The maximum atomic E-state index is 5.99. The van der Waals surface area contributed by atoms with Crippen LogP contribution in [0.5, 0.6) is 0 Å². The summed E-state index contributed by atoms with van der Waals surface area (Å²) in [4.78, 5) is 0. The molecule has 0 bridgehead atoms. The predicted molar refractivity (Wildman–Crippen MR) is 102 cm³/mol. The van der Waals surface area contributed by atoms with Crippen LogP contribution in [0, 0.1) is 0 Å². The number of hydrogen-bond acceptors (Lipinski definition) is 1. The molecule has 23 heavy (non-hydrogen) atoms. The van der Waals surface area contributed by atoms with E-state index in [1.807, 2.05) is 48.5 Å². The zero-order valence-corrected chi connectivity index (χ0v) is 12.9.